The molecule has 1 N–H and O–H groups in total. The molecule has 2 heterocycles. The number of nitrogens with zero attached hydrogens (tertiary/aromatic N) is 1. The summed E-state index contributed by atoms with van der Waals surface area (Å²) in [5, 5.41) is 6.54. The monoisotopic (exact) mass is 378 g/mol. The second-order valence-electron chi connectivity index (χ2n) is 5.31. The Morgan fingerprint density at radius 3 is 2.53 bits per heavy atom. The standard InChI is InChI=1S/C13H16BrClN2S2/c1-13(2,3)9-6-18-12(17-9)10(16-4)8-5-7(14)11(15)19-8/h5-6,10,16H,1-4H3. The van der Waals surface area contributed by atoms with Crippen LogP contribution in [0.3, 0.4) is 0 Å². The highest BCUT2D eigenvalue weighted by Gasteiger charge is 2.23. The maximum Gasteiger partial charge on any atom is 0.115 e. The second kappa shape index (κ2) is 5.82. The van der Waals surface area contributed by atoms with Gasteiger partial charge in [0, 0.05) is 20.1 Å². The molecule has 0 radical (unpaired) electrons. The summed E-state index contributed by atoms with van der Waals surface area (Å²) in [5.74, 6) is 0. The minimum absolute atomic E-state index is 0.0840. The van der Waals surface area contributed by atoms with Crippen molar-refractivity contribution in [1.82, 2.24) is 10.3 Å². The second-order valence-corrected chi connectivity index (χ2v) is 8.74. The van der Waals surface area contributed by atoms with Gasteiger partial charge in [-0.05, 0) is 29.0 Å². The number of halogens is 2. The van der Waals surface area contributed by atoms with Gasteiger partial charge in [0.25, 0.3) is 0 Å². The molecule has 0 saturated heterocycles. The van der Waals surface area contributed by atoms with Crippen molar-refractivity contribution >= 4 is 50.2 Å². The summed E-state index contributed by atoms with van der Waals surface area (Å²) in [6, 6.07) is 2.17. The van der Waals surface area contributed by atoms with E-state index in [4.69, 9.17) is 16.6 Å². The molecule has 0 fully saturated rings. The molecular weight excluding hydrogens is 364 g/mol. The molecular formula is C13H16BrClN2S2. The van der Waals surface area contributed by atoms with Crippen LogP contribution in [0.25, 0.3) is 0 Å². The summed E-state index contributed by atoms with van der Waals surface area (Å²) in [7, 11) is 1.95. The van der Waals surface area contributed by atoms with Gasteiger partial charge in [0.1, 0.15) is 9.34 Å². The van der Waals surface area contributed by atoms with Crippen molar-refractivity contribution in [1.29, 1.82) is 0 Å². The minimum Gasteiger partial charge on any atom is -0.307 e. The van der Waals surface area contributed by atoms with Crippen LogP contribution >= 0.6 is 50.2 Å². The van der Waals surface area contributed by atoms with Crippen LogP contribution in [0.4, 0.5) is 0 Å². The van der Waals surface area contributed by atoms with Gasteiger partial charge in [0.15, 0.2) is 0 Å². The van der Waals surface area contributed by atoms with Gasteiger partial charge in [-0.25, -0.2) is 4.98 Å². The van der Waals surface area contributed by atoms with Gasteiger partial charge in [-0.2, -0.15) is 0 Å². The van der Waals surface area contributed by atoms with E-state index in [-0.39, 0.29) is 11.5 Å². The molecule has 2 aromatic rings. The molecule has 0 saturated carbocycles. The summed E-state index contributed by atoms with van der Waals surface area (Å²) in [6.07, 6.45) is 0. The first-order chi connectivity index (χ1) is 8.82. The predicted octanol–water partition coefficient (Wildman–Crippen LogP) is 5.23. The molecule has 0 aromatic carbocycles. The third kappa shape index (κ3) is 3.39. The van der Waals surface area contributed by atoms with Crippen molar-refractivity contribution in [3.05, 3.63) is 35.8 Å². The maximum absolute atomic E-state index is 6.12. The first-order valence-electron chi connectivity index (χ1n) is 5.91. The lowest BCUT2D eigenvalue weighted by molar-refractivity contribution is 0.566. The van der Waals surface area contributed by atoms with Gasteiger partial charge in [0.2, 0.25) is 0 Å². The number of hydrogen-bond donors (Lipinski definition) is 1. The van der Waals surface area contributed by atoms with Crippen molar-refractivity contribution in [3.63, 3.8) is 0 Å². The number of thiazole rings is 1. The molecule has 2 rings (SSSR count). The van der Waals surface area contributed by atoms with Gasteiger partial charge < -0.3 is 5.32 Å². The molecule has 19 heavy (non-hydrogen) atoms. The lowest BCUT2D eigenvalue weighted by Crippen LogP contribution is -2.17. The maximum atomic E-state index is 6.12. The van der Waals surface area contributed by atoms with Crippen LogP contribution in [-0.2, 0) is 5.41 Å². The molecule has 6 heteroatoms. The summed E-state index contributed by atoms with van der Waals surface area (Å²) < 4.78 is 1.73. The molecule has 0 bridgehead atoms. The summed E-state index contributed by atoms with van der Waals surface area (Å²) in [5.41, 5.74) is 1.22. The van der Waals surface area contributed by atoms with Crippen LogP contribution in [-0.4, -0.2) is 12.0 Å². The number of thiophene rings is 1. The highest BCUT2D eigenvalue weighted by Crippen LogP contribution is 2.38. The van der Waals surface area contributed by atoms with Crippen molar-refractivity contribution in [2.75, 3.05) is 7.05 Å². The summed E-state index contributed by atoms with van der Waals surface area (Å²) in [6.45, 7) is 6.54. The highest BCUT2D eigenvalue weighted by atomic mass is 79.9. The SMILES string of the molecule is CNC(c1cc(Br)c(Cl)s1)c1nc(C(C)(C)C)cs1. The van der Waals surface area contributed by atoms with Gasteiger partial charge in [-0.1, -0.05) is 32.4 Å². The molecule has 0 aliphatic heterocycles. The zero-order valence-electron chi connectivity index (χ0n) is 11.3. The normalized spacial score (nSPS) is 13.8. The number of nitrogens with one attached hydrogen (secondary N) is 1. The van der Waals surface area contributed by atoms with E-state index >= 15 is 0 Å². The van der Waals surface area contributed by atoms with Crippen molar-refractivity contribution < 1.29 is 0 Å². The lowest BCUT2D eigenvalue weighted by Gasteiger charge is -2.15. The fourth-order valence-electron chi connectivity index (χ4n) is 1.66. The van der Waals surface area contributed by atoms with E-state index in [2.05, 4.69) is 53.5 Å². The fraction of sp³-hybridized carbons (Fsp3) is 0.462. The first-order valence-corrected chi connectivity index (χ1v) is 8.77. The third-order valence-electron chi connectivity index (χ3n) is 2.77. The number of hydrogen-bond acceptors (Lipinski definition) is 4. The van der Waals surface area contributed by atoms with E-state index in [1.165, 1.54) is 4.88 Å². The molecule has 0 amide bonds. The van der Waals surface area contributed by atoms with E-state index in [1.807, 2.05) is 7.05 Å². The molecule has 0 aliphatic rings. The molecule has 2 aromatic heterocycles. The van der Waals surface area contributed by atoms with Crippen molar-refractivity contribution in [3.8, 4) is 0 Å². The average molecular weight is 380 g/mol. The van der Waals surface area contributed by atoms with E-state index in [1.54, 1.807) is 22.7 Å². The Morgan fingerprint density at radius 2 is 2.11 bits per heavy atom. The van der Waals surface area contributed by atoms with Gasteiger partial charge in [-0.3, -0.25) is 0 Å². The zero-order chi connectivity index (χ0) is 14.2. The van der Waals surface area contributed by atoms with Crippen molar-refractivity contribution in [2.24, 2.45) is 0 Å². The van der Waals surface area contributed by atoms with Crippen LogP contribution in [0.1, 0.15) is 42.4 Å². The van der Waals surface area contributed by atoms with Crippen LogP contribution in [0.2, 0.25) is 4.34 Å². The Morgan fingerprint density at radius 1 is 1.42 bits per heavy atom. The van der Waals surface area contributed by atoms with Crippen LogP contribution in [0.15, 0.2) is 15.9 Å². The Balaban J connectivity index is 2.35. The Labute approximate surface area is 135 Å². The first kappa shape index (κ1) is 15.4. The molecule has 2 nitrogen and oxygen atoms in total. The topological polar surface area (TPSA) is 24.9 Å². The molecule has 1 atom stereocenters. The van der Waals surface area contributed by atoms with Crippen LogP contribution in [0, 0.1) is 0 Å². The average Bonchev–Trinajstić information content (AvgIpc) is 2.88. The number of rotatable bonds is 3. The largest absolute Gasteiger partial charge is 0.307 e. The Hall–Kier alpha value is 0.0600. The highest BCUT2D eigenvalue weighted by molar-refractivity contribution is 9.10. The van der Waals surface area contributed by atoms with E-state index < -0.39 is 0 Å². The van der Waals surface area contributed by atoms with E-state index in [0.717, 1.165) is 19.5 Å². The smallest absolute Gasteiger partial charge is 0.115 e. The predicted molar refractivity (Wildman–Crippen MR) is 88.7 cm³/mol. The third-order valence-corrected chi connectivity index (χ3v) is 6.22. The minimum atomic E-state index is 0.0840. The number of aromatic nitrogens is 1. The quantitative estimate of drug-likeness (QED) is 0.790. The van der Waals surface area contributed by atoms with Gasteiger partial charge >= 0.3 is 0 Å². The molecule has 0 aliphatic carbocycles. The molecule has 0 spiro atoms. The van der Waals surface area contributed by atoms with Crippen molar-refractivity contribution in [2.45, 2.75) is 32.2 Å². The fourth-order valence-corrected chi connectivity index (χ4v) is 4.75. The lowest BCUT2D eigenvalue weighted by atomic mass is 9.93. The molecule has 1 unspecified atom stereocenters. The van der Waals surface area contributed by atoms with Gasteiger partial charge in [-0.15, -0.1) is 22.7 Å². The van der Waals surface area contributed by atoms with Crippen LogP contribution in [0.5, 0.6) is 0 Å². The summed E-state index contributed by atoms with van der Waals surface area (Å²) >= 11 is 12.9. The van der Waals surface area contributed by atoms with E-state index in [0.29, 0.717) is 0 Å². The Bertz CT molecular complexity index is 552. The molecule has 104 valence electrons. The Kier molecular flexibility index (Phi) is 4.73. The zero-order valence-corrected chi connectivity index (χ0v) is 15.2. The summed E-state index contributed by atoms with van der Waals surface area (Å²) in [4.78, 5) is 5.95. The van der Waals surface area contributed by atoms with E-state index in [9.17, 15) is 0 Å². The van der Waals surface area contributed by atoms with Crippen LogP contribution < -0.4 is 5.32 Å². The van der Waals surface area contributed by atoms with Gasteiger partial charge in [0.05, 0.1) is 11.7 Å².